The van der Waals surface area contributed by atoms with Crippen LogP contribution in [0.3, 0.4) is 0 Å². The van der Waals surface area contributed by atoms with Crippen molar-refractivity contribution in [3.05, 3.63) is 12.0 Å². The van der Waals surface area contributed by atoms with Crippen LogP contribution < -0.4 is 0 Å². The Labute approximate surface area is 128 Å². The number of hydrogen-bond donors (Lipinski definition) is 0. The van der Waals surface area contributed by atoms with Gasteiger partial charge in [0.15, 0.2) is 10.9 Å². The van der Waals surface area contributed by atoms with Crippen LogP contribution in [-0.4, -0.2) is 46.2 Å². The summed E-state index contributed by atoms with van der Waals surface area (Å²) >= 11 is 0. The first-order chi connectivity index (χ1) is 10.6. The summed E-state index contributed by atoms with van der Waals surface area (Å²) in [5.74, 6) is 1.24. The van der Waals surface area contributed by atoms with Crippen molar-refractivity contribution >= 4 is 10.0 Å². The lowest BCUT2D eigenvalue weighted by molar-refractivity contribution is 0.381. The Kier molecular flexibility index (Phi) is 3.08. The molecule has 0 saturated heterocycles. The highest BCUT2D eigenvalue weighted by atomic mass is 32.2. The van der Waals surface area contributed by atoms with Crippen molar-refractivity contribution in [1.29, 1.82) is 0 Å². The second-order valence-electron chi connectivity index (χ2n) is 5.85. The van der Waals surface area contributed by atoms with Gasteiger partial charge in [0.1, 0.15) is 0 Å². The molecule has 0 aromatic carbocycles. The van der Waals surface area contributed by atoms with Crippen molar-refractivity contribution in [2.24, 2.45) is 0 Å². The molecule has 1 saturated carbocycles. The molecule has 2 aromatic rings. The molecule has 0 N–H and O–H groups in total. The van der Waals surface area contributed by atoms with Crippen LogP contribution in [0, 0.1) is 0 Å². The van der Waals surface area contributed by atoms with E-state index in [0.29, 0.717) is 30.4 Å². The molecule has 2 aliphatic rings. The number of sulfonamides is 1. The van der Waals surface area contributed by atoms with E-state index in [4.69, 9.17) is 4.52 Å². The van der Waals surface area contributed by atoms with E-state index in [9.17, 15) is 8.42 Å². The van der Waals surface area contributed by atoms with E-state index in [0.717, 1.165) is 12.8 Å². The highest BCUT2D eigenvalue weighted by Gasteiger charge is 2.35. The minimum absolute atomic E-state index is 0.142. The quantitative estimate of drug-likeness (QED) is 0.825. The summed E-state index contributed by atoms with van der Waals surface area (Å²) < 4.78 is 33.1. The maximum Gasteiger partial charge on any atom is 0.262 e. The number of hydrogen-bond acceptors (Lipinski definition) is 6. The molecule has 1 aliphatic carbocycles. The van der Waals surface area contributed by atoms with Gasteiger partial charge >= 0.3 is 0 Å². The van der Waals surface area contributed by atoms with Gasteiger partial charge in [0.2, 0.25) is 0 Å². The Morgan fingerprint density at radius 1 is 1.27 bits per heavy atom. The maximum atomic E-state index is 12.5. The third-order valence-electron chi connectivity index (χ3n) is 4.46. The standard InChI is InChI=1S/C13H17N5O3S/c1-17-6-7-18-13(22(17,19)20)10(8-14-18)12-15-11(16-21-12)9-4-2-3-5-9/h8-9H,2-7H2,1H3. The summed E-state index contributed by atoms with van der Waals surface area (Å²) in [4.78, 5) is 4.42. The predicted octanol–water partition coefficient (Wildman–Crippen LogP) is 1.22. The van der Waals surface area contributed by atoms with Crippen molar-refractivity contribution < 1.29 is 12.9 Å². The number of fused-ring (bicyclic) bond motifs is 1. The molecule has 118 valence electrons. The van der Waals surface area contributed by atoms with Gasteiger partial charge in [0.05, 0.1) is 18.3 Å². The fourth-order valence-corrected chi connectivity index (χ4v) is 4.59. The molecule has 1 fully saturated rings. The monoisotopic (exact) mass is 323 g/mol. The zero-order chi connectivity index (χ0) is 15.3. The second kappa shape index (κ2) is 4.88. The summed E-state index contributed by atoms with van der Waals surface area (Å²) in [7, 11) is -2.00. The summed E-state index contributed by atoms with van der Waals surface area (Å²) in [5.41, 5.74) is 0.392. The van der Waals surface area contributed by atoms with E-state index in [1.807, 2.05) is 0 Å². The number of likely N-dealkylation sites (N-methyl/N-ethyl adjacent to an activating group) is 1. The number of rotatable bonds is 2. The average molecular weight is 323 g/mol. The highest BCUT2D eigenvalue weighted by Crippen LogP contribution is 2.35. The van der Waals surface area contributed by atoms with Gasteiger partial charge in [-0.15, -0.1) is 0 Å². The normalized spacial score (nSPS) is 22.0. The molecule has 0 atom stereocenters. The fourth-order valence-electron chi connectivity index (χ4n) is 3.15. The molecule has 3 heterocycles. The topological polar surface area (TPSA) is 94.1 Å². The first-order valence-electron chi connectivity index (χ1n) is 7.43. The van der Waals surface area contributed by atoms with Crippen molar-refractivity contribution in [2.45, 2.75) is 43.2 Å². The van der Waals surface area contributed by atoms with Crippen molar-refractivity contribution in [3.8, 4) is 11.5 Å². The molecule has 0 bridgehead atoms. The zero-order valence-corrected chi connectivity index (χ0v) is 13.1. The number of aromatic nitrogens is 4. The lowest BCUT2D eigenvalue weighted by Gasteiger charge is -2.23. The van der Waals surface area contributed by atoms with E-state index >= 15 is 0 Å². The van der Waals surface area contributed by atoms with Gasteiger partial charge in [-0.05, 0) is 12.8 Å². The third kappa shape index (κ3) is 1.99. The van der Waals surface area contributed by atoms with E-state index in [1.165, 1.54) is 28.0 Å². The molecule has 0 spiro atoms. The molecule has 22 heavy (non-hydrogen) atoms. The molecule has 1 aliphatic heterocycles. The van der Waals surface area contributed by atoms with Gasteiger partial charge < -0.3 is 4.52 Å². The Morgan fingerprint density at radius 3 is 2.82 bits per heavy atom. The van der Waals surface area contributed by atoms with Crippen molar-refractivity contribution in [2.75, 3.05) is 13.6 Å². The fraction of sp³-hybridized carbons (Fsp3) is 0.615. The molecule has 8 nitrogen and oxygen atoms in total. The Hall–Kier alpha value is -1.74. The minimum Gasteiger partial charge on any atom is -0.334 e. The first kappa shape index (κ1) is 13.9. The van der Waals surface area contributed by atoms with E-state index < -0.39 is 10.0 Å². The molecular formula is C13H17N5O3S. The Balaban J connectivity index is 1.77. The molecule has 0 unspecified atom stereocenters. The summed E-state index contributed by atoms with van der Waals surface area (Å²) in [6.45, 7) is 0.933. The molecule has 0 amide bonds. The SMILES string of the molecule is CN1CCn2ncc(-c3nc(C4CCCC4)no3)c2S1(=O)=O. The van der Waals surface area contributed by atoms with Crippen LogP contribution in [0.2, 0.25) is 0 Å². The van der Waals surface area contributed by atoms with Crippen LogP contribution >= 0.6 is 0 Å². The highest BCUT2D eigenvalue weighted by molar-refractivity contribution is 7.89. The largest absolute Gasteiger partial charge is 0.334 e. The summed E-state index contributed by atoms with van der Waals surface area (Å²) in [6, 6.07) is 0. The molecule has 4 rings (SSSR count). The first-order valence-corrected chi connectivity index (χ1v) is 8.87. The van der Waals surface area contributed by atoms with Gasteiger partial charge in [0.25, 0.3) is 15.9 Å². The number of nitrogens with zero attached hydrogens (tertiary/aromatic N) is 5. The predicted molar refractivity (Wildman–Crippen MR) is 76.5 cm³/mol. The van der Waals surface area contributed by atoms with Crippen LogP contribution in [-0.2, 0) is 16.6 Å². The smallest absolute Gasteiger partial charge is 0.262 e. The van der Waals surface area contributed by atoms with Gasteiger partial charge in [0, 0.05) is 19.5 Å². The van der Waals surface area contributed by atoms with Crippen molar-refractivity contribution in [1.82, 2.24) is 24.2 Å². The average Bonchev–Trinajstić information content (AvgIpc) is 3.20. The summed E-state index contributed by atoms with van der Waals surface area (Å²) in [6.07, 6.45) is 5.98. The summed E-state index contributed by atoms with van der Waals surface area (Å²) in [5, 5.41) is 8.33. The lowest BCUT2D eigenvalue weighted by Crippen LogP contribution is -2.37. The van der Waals surface area contributed by atoms with Gasteiger partial charge in [-0.25, -0.2) is 8.42 Å². The molecular weight excluding hydrogens is 306 g/mol. The Morgan fingerprint density at radius 2 is 2.05 bits per heavy atom. The van der Waals surface area contributed by atoms with Crippen LogP contribution in [0.25, 0.3) is 11.5 Å². The molecule has 0 radical (unpaired) electrons. The van der Waals surface area contributed by atoms with Gasteiger partial charge in [-0.1, -0.05) is 18.0 Å². The molecule has 2 aromatic heterocycles. The minimum atomic E-state index is -3.56. The maximum absolute atomic E-state index is 12.5. The van der Waals surface area contributed by atoms with E-state index in [2.05, 4.69) is 15.2 Å². The van der Waals surface area contributed by atoms with Crippen molar-refractivity contribution in [3.63, 3.8) is 0 Å². The van der Waals surface area contributed by atoms with E-state index in [-0.39, 0.29) is 10.9 Å². The van der Waals surface area contributed by atoms with Crippen LogP contribution in [0.4, 0.5) is 0 Å². The third-order valence-corrected chi connectivity index (χ3v) is 6.39. The van der Waals surface area contributed by atoms with Crippen LogP contribution in [0.1, 0.15) is 37.4 Å². The van der Waals surface area contributed by atoms with Gasteiger partial charge in [-0.3, -0.25) is 4.68 Å². The van der Waals surface area contributed by atoms with Crippen LogP contribution in [0.15, 0.2) is 15.7 Å². The molecule has 9 heteroatoms. The second-order valence-corrected chi connectivity index (χ2v) is 7.81. The zero-order valence-electron chi connectivity index (χ0n) is 12.3. The van der Waals surface area contributed by atoms with Gasteiger partial charge in [-0.2, -0.15) is 14.4 Å². The van der Waals surface area contributed by atoms with E-state index in [1.54, 1.807) is 7.05 Å². The van der Waals surface area contributed by atoms with Crippen LogP contribution in [0.5, 0.6) is 0 Å². The lowest BCUT2D eigenvalue weighted by atomic mass is 10.1. The Bertz CT molecular complexity index is 804.